The van der Waals surface area contributed by atoms with Crippen LogP contribution in [-0.4, -0.2) is 29.6 Å². The molecular formula is C13H15BrN2O3. The minimum absolute atomic E-state index is 0.123. The van der Waals surface area contributed by atoms with E-state index < -0.39 is 5.97 Å². The van der Waals surface area contributed by atoms with Crippen LogP contribution in [0.15, 0.2) is 22.7 Å². The van der Waals surface area contributed by atoms with Crippen LogP contribution in [0.4, 0.5) is 5.69 Å². The number of aromatic carboxylic acids is 1. The monoisotopic (exact) mass is 326 g/mol. The molecule has 0 aromatic heterocycles. The van der Waals surface area contributed by atoms with Crippen molar-refractivity contribution >= 4 is 33.5 Å². The molecule has 102 valence electrons. The minimum atomic E-state index is -1.02. The molecule has 0 heterocycles. The van der Waals surface area contributed by atoms with Gasteiger partial charge in [0, 0.05) is 29.2 Å². The molecule has 5 nitrogen and oxygen atoms in total. The molecule has 0 aliphatic heterocycles. The molecule has 6 heteroatoms. The number of nitrogens with one attached hydrogen (secondary N) is 2. The molecule has 0 atom stereocenters. The van der Waals surface area contributed by atoms with E-state index in [9.17, 15) is 9.59 Å². The Morgan fingerprint density at radius 2 is 2.05 bits per heavy atom. The van der Waals surface area contributed by atoms with E-state index >= 15 is 0 Å². The number of carbonyl (C=O) groups is 2. The molecule has 2 rings (SSSR count). The van der Waals surface area contributed by atoms with Gasteiger partial charge in [-0.05, 0) is 31.0 Å². The largest absolute Gasteiger partial charge is 0.478 e. The molecule has 0 radical (unpaired) electrons. The zero-order valence-corrected chi connectivity index (χ0v) is 11.9. The van der Waals surface area contributed by atoms with Crippen molar-refractivity contribution in [3.8, 4) is 0 Å². The lowest BCUT2D eigenvalue weighted by molar-refractivity contribution is -0.116. The van der Waals surface area contributed by atoms with Crippen molar-refractivity contribution in [2.45, 2.75) is 25.3 Å². The average Bonchev–Trinajstić information content (AvgIpc) is 3.12. The molecular weight excluding hydrogens is 312 g/mol. The van der Waals surface area contributed by atoms with Crippen molar-refractivity contribution in [2.24, 2.45) is 0 Å². The number of halogens is 1. The van der Waals surface area contributed by atoms with Crippen LogP contribution in [0.2, 0.25) is 0 Å². The van der Waals surface area contributed by atoms with Crippen molar-refractivity contribution in [2.75, 3.05) is 11.9 Å². The summed E-state index contributed by atoms with van der Waals surface area (Å²) >= 11 is 3.22. The van der Waals surface area contributed by atoms with E-state index in [0.717, 1.165) is 0 Å². The third-order valence-electron chi connectivity index (χ3n) is 2.79. The van der Waals surface area contributed by atoms with Crippen molar-refractivity contribution in [3.63, 3.8) is 0 Å². The standard InChI is InChI=1S/C13H15BrN2O3/c14-9-5-8(13(18)19)6-11(7-9)16-12(17)3-4-15-10-1-2-10/h5-7,10,15H,1-4H2,(H,16,17)(H,18,19). The van der Waals surface area contributed by atoms with Crippen LogP contribution in [-0.2, 0) is 4.79 Å². The first kappa shape index (κ1) is 14.0. The molecule has 1 aromatic rings. The maximum absolute atomic E-state index is 11.7. The fraction of sp³-hybridized carbons (Fsp3) is 0.385. The second-order valence-corrected chi connectivity index (χ2v) is 5.48. The summed E-state index contributed by atoms with van der Waals surface area (Å²) in [7, 11) is 0. The second-order valence-electron chi connectivity index (χ2n) is 4.56. The van der Waals surface area contributed by atoms with Crippen molar-refractivity contribution in [1.29, 1.82) is 0 Å². The lowest BCUT2D eigenvalue weighted by Crippen LogP contribution is -2.23. The third-order valence-corrected chi connectivity index (χ3v) is 3.25. The summed E-state index contributed by atoms with van der Waals surface area (Å²) < 4.78 is 0.624. The van der Waals surface area contributed by atoms with Crippen molar-refractivity contribution in [3.05, 3.63) is 28.2 Å². The molecule has 1 aliphatic rings. The topological polar surface area (TPSA) is 78.4 Å². The summed E-state index contributed by atoms with van der Waals surface area (Å²) in [6, 6.07) is 5.20. The normalized spacial score (nSPS) is 14.2. The summed E-state index contributed by atoms with van der Waals surface area (Å²) in [4.78, 5) is 22.6. The highest BCUT2D eigenvalue weighted by atomic mass is 79.9. The SMILES string of the molecule is O=C(CCNC1CC1)Nc1cc(Br)cc(C(=O)O)c1. The van der Waals surface area contributed by atoms with Crippen molar-refractivity contribution < 1.29 is 14.7 Å². The highest BCUT2D eigenvalue weighted by Gasteiger charge is 2.20. The Hall–Kier alpha value is -1.40. The Bertz CT molecular complexity index is 501. The van der Waals surface area contributed by atoms with Gasteiger partial charge in [-0.2, -0.15) is 0 Å². The third kappa shape index (κ3) is 4.65. The number of carboxylic acid groups (broad SMARTS) is 1. The van der Waals surface area contributed by atoms with Crippen LogP contribution in [0.3, 0.4) is 0 Å². The first-order valence-corrected chi connectivity index (χ1v) is 6.91. The Morgan fingerprint density at radius 3 is 2.68 bits per heavy atom. The Kier molecular flexibility index (Phi) is 4.55. The van der Waals surface area contributed by atoms with Gasteiger partial charge in [-0.3, -0.25) is 4.79 Å². The highest BCUT2D eigenvalue weighted by Crippen LogP contribution is 2.20. The van der Waals surface area contributed by atoms with Gasteiger partial charge in [0.1, 0.15) is 0 Å². The molecule has 1 amide bonds. The van der Waals surface area contributed by atoms with Crippen LogP contribution in [0.1, 0.15) is 29.6 Å². The lowest BCUT2D eigenvalue weighted by atomic mass is 10.2. The molecule has 1 fully saturated rings. The molecule has 0 bridgehead atoms. The predicted octanol–water partition coefficient (Wildman–Crippen LogP) is 2.23. The van der Waals surface area contributed by atoms with Gasteiger partial charge < -0.3 is 15.7 Å². The first-order valence-electron chi connectivity index (χ1n) is 6.12. The lowest BCUT2D eigenvalue weighted by Gasteiger charge is -2.07. The maximum atomic E-state index is 11.7. The zero-order valence-electron chi connectivity index (χ0n) is 10.3. The molecule has 3 N–H and O–H groups in total. The smallest absolute Gasteiger partial charge is 0.335 e. The summed E-state index contributed by atoms with van der Waals surface area (Å²) in [5.41, 5.74) is 0.629. The number of hydrogen-bond acceptors (Lipinski definition) is 3. The van der Waals surface area contributed by atoms with Gasteiger partial charge in [0.25, 0.3) is 0 Å². The molecule has 0 saturated heterocycles. The molecule has 1 aliphatic carbocycles. The van der Waals surface area contributed by atoms with E-state index in [-0.39, 0.29) is 11.5 Å². The second kappa shape index (κ2) is 6.16. The number of amides is 1. The average molecular weight is 327 g/mol. The van der Waals surface area contributed by atoms with Crippen LogP contribution in [0, 0.1) is 0 Å². The summed E-state index contributed by atoms with van der Waals surface area (Å²) in [5.74, 6) is -1.14. The van der Waals surface area contributed by atoms with Gasteiger partial charge in [0.2, 0.25) is 5.91 Å². The highest BCUT2D eigenvalue weighted by molar-refractivity contribution is 9.10. The Balaban J connectivity index is 1.89. The minimum Gasteiger partial charge on any atom is -0.478 e. The van der Waals surface area contributed by atoms with E-state index in [1.54, 1.807) is 6.07 Å². The Labute approximate surface area is 119 Å². The molecule has 0 unspecified atom stereocenters. The predicted molar refractivity (Wildman–Crippen MR) is 75.4 cm³/mol. The fourth-order valence-corrected chi connectivity index (χ4v) is 2.18. The van der Waals surface area contributed by atoms with Gasteiger partial charge in [0.15, 0.2) is 0 Å². The molecule has 1 saturated carbocycles. The maximum Gasteiger partial charge on any atom is 0.335 e. The van der Waals surface area contributed by atoms with Crippen LogP contribution >= 0.6 is 15.9 Å². The van der Waals surface area contributed by atoms with Crippen LogP contribution in [0.25, 0.3) is 0 Å². The molecule has 0 spiro atoms. The summed E-state index contributed by atoms with van der Waals surface area (Å²) in [5, 5.41) is 14.9. The van der Waals surface area contributed by atoms with Gasteiger partial charge in [0.05, 0.1) is 5.56 Å². The van der Waals surface area contributed by atoms with Gasteiger partial charge in [-0.25, -0.2) is 4.79 Å². The quantitative estimate of drug-likeness (QED) is 0.749. The van der Waals surface area contributed by atoms with E-state index in [4.69, 9.17) is 5.11 Å². The van der Waals surface area contributed by atoms with E-state index in [0.29, 0.717) is 29.2 Å². The first-order chi connectivity index (χ1) is 9.04. The number of benzene rings is 1. The van der Waals surface area contributed by atoms with Crippen LogP contribution in [0.5, 0.6) is 0 Å². The molecule has 19 heavy (non-hydrogen) atoms. The van der Waals surface area contributed by atoms with E-state index in [2.05, 4.69) is 26.6 Å². The van der Waals surface area contributed by atoms with Crippen LogP contribution < -0.4 is 10.6 Å². The number of carbonyl (C=O) groups excluding carboxylic acids is 1. The number of anilines is 1. The number of hydrogen-bond donors (Lipinski definition) is 3. The molecule has 1 aromatic carbocycles. The Morgan fingerprint density at radius 1 is 1.32 bits per heavy atom. The summed E-state index contributed by atoms with van der Waals surface area (Å²) in [6.45, 7) is 0.649. The van der Waals surface area contributed by atoms with Crippen molar-refractivity contribution in [1.82, 2.24) is 5.32 Å². The van der Waals surface area contributed by atoms with Gasteiger partial charge >= 0.3 is 5.97 Å². The number of carboxylic acids is 1. The fourth-order valence-electron chi connectivity index (χ4n) is 1.69. The zero-order chi connectivity index (χ0) is 13.8. The van der Waals surface area contributed by atoms with E-state index in [1.807, 2.05) is 0 Å². The number of rotatable bonds is 6. The van der Waals surface area contributed by atoms with Gasteiger partial charge in [-0.15, -0.1) is 0 Å². The van der Waals surface area contributed by atoms with Gasteiger partial charge in [-0.1, -0.05) is 15.9 Å². The van der Waals surface area contributed by atoms with E-state index in [1.165, 1.54) is 25.0 Å². The summed E-state index contributed by atoms with van der Waals surface area (Å²) in [6.07, 6.45) is 2.76.